The number of alkyl halides is 1. The molecular formula is C7H14ClNO4S2. The lowest BCUT2D eigenvalue weighted by atomic mass is 10.5. The van der Waals surface area contributed by atoms with Gasteiger partial charge >= 0.3 is 0 Å². The highest BCUT2D eigenvalue weighted by Crippen LogP contribution is 2.10. The molecule has 1 fully saturated rings. The Hall–Kier alpha value is 0.150. The molecule has 8 heteroatoms. The van der Waals surface area contributed by atoms with Crippen LogP contribution >= 0.6 is 11.6 Å². The predicted molar refractivity (Wildman–Crippen MR) is 59.4 cm³/mol. The molecule has 1 rings (SSSR count). The van der Waals surface area contributed by atoms with Gasteiger partial charge in [-0.3, -0.25) is 0 Å². The fourth-order valence-electron chi connectivity index (χ4n) is 1.42. The smallest absolute Gasteiger partial charge is 0.215 e. The average molecular weight is 276 g/mol. The molecule has 1 saturated heterocycles. The van der Waals surface area contributed by atoms with Crippen LogP contribution < -0.4 is 0 Å². The van der Waals surface area contributed by atoms with Crippen LogP contribution in [-0.2, 0) is 19.9 Å². The van der Waals surface area contributed by atoms with Crippen LogP contribution in [0.3, 0.4) is 0 Å². The minimum Gasteiger partial charge on any atom is -0.229 e. The summed E-state index contributed by atoms with van der Waals surface area (Å²) < 4.78 is 46.9. The zero-order valence-electron chi connectivity index (χ0n) is 8.22. The molecule has 5 nitrogen and oxygen atoms in total. The molecule has 15 heavy (non-hydrogen) atoms. The summed E-state index contributed by atoms with van der Waals surface area (Å²) in [5.41, 5.74) is 0. The summed E-state index contributed by atoms with van der Waals surface area (Å²) in [7, 11) is -6.44. The minimum atomic E-state index is -3.37. The van der Waals surface area contributed by atoms with E-state index in [-0.39, 0.29) is 36.2 Å². The van der Waals surface area contributed by atoms with E-state index in [9.17, 15) is 16.8 Å². The van der Waals surface area contributed by atoms with Crippen molar-refractivity contribution in [3.63, 3.8) is 0 Å². The molecule has 0 spiro atoms. The van der Waals surface area contributed by atoms with Gasteiger partial charge in [-0.25, -0.2) is 21.1 Å². The molecule has 0 unspecified atom stereocenters. The second-order valence-corrected chi connectivity index (χ2v) is 8.18. The molecule has 1 heterocycles. The summed E-state index contributed by atoms with van der Waals surface area (Å²) in [5, 5.41) is 0. The number of hydrogen-bond donors (Lipinski definition) is 0. The maximum absolute atomic E-state index is 11.6. The predicted octanol–water partition coefficient (Wildman–Crippen LogP) is -0.324. The summed E-state index contributed by atoms with van der Waals surface area (Å²) >= 11 is 5.38. The Morgan fingerprint density at radius 3 is 2.47 bits per heavy atom. The van der Waals surface area contributed by atoms with Gasteiger partial charge in [0, 0.05) is 19.0 Å². The zero-order chi connectivity index (χ0) is 11.5. The fourth-order valence-corrected chi connectivity index (χ4v) is 4.62. The second-order valence-electron chi connectivity index (χ2n) is 3.41. The van der Waals surface area contributed by atoms with Crippen molar-refractivity contribution in [3.8, 4) is 0 Å². The Kier molecular flexibility index (Phi) is 4.39. The van der Waals surface area contributed by atoms with E-state index in [1.807, 2.05) is 0 Å². The van der Waals surface area contributed by atoms with Crippen molar-refractivity contribution < 1.29 is 16.8 Å². The van der Waals surface area contributed by atoms with Gasteiger partial charge < -0.3 is 0 Å². The Balaban J connectivity index is 2.74. The van der Waals surface area contributed by atoms with Gasteiger partial charge in [0.25, 0.3) is 0 Å². The van der Waals surface area contributed by atoms with Crippen LogP contribution in [0.25, 0.3) is 0 Å². The second kappa shape index (κ2) is 4.99. The highest BCUT2D eigenvalue weighted by Gasteiger charge is 2.26. The van der Waals surface area contributed by atoms with Crippen LogP contribution in [0, 0.1) is 0 Å². The van der Waals surface area contributed by atoms with E-state index in [0.29, 0.717) is 6.42 Å². The third kappa shape index (κ3) is 3.90. The molecule has 1 aliphatic rings. The van der Waals surface area contributed by atoms with Gasteiger partial charge in [0.15, 0.2) is 9.84 Å². The SMILES string of the molecule is O=S1(=O)CCCN(S(=O)(=O)CCCl)CC1. The molecule has 0 atom stereocenters. The lowest BCUT2D eigenvalue weighted by Gasteiger charge is -2.18. The van der Waals surface area contributed by atoms with E-state index < -0.39 is 19.9 Å². The van der Waals surface area contributed by atoms with Crippen LogP contribution in [0.5, 0.6) is 0 Å². The molecule has 0 bridgehead atoms. The lowest BCUT2D eigenvalue weighted by Crippen LogP contribution is -2.35. The fraction of sp³-hybridized carbons (Fsp3) is 1.00. The number of nitrogens with zero attached hydrogens (tertiary/aromatic N) is 1. The maximum atomic E-state index is 11.6. The number of hydrogen-bond acceptors (Lipinski definition) is 4. The van der Waals surface area contributed by atoms with Crippen LogP contribution in [0.2, 0.25) is 0 Å². The molecule has 0 radical (unpaired) electrons. The van der Waals surface area contributed by atoms with Gasteiger partial charge in [-0.2, -0.15) is 0 Å². The van der Waals surface area contributed by atoms with Crippen molar-refractivity contribution in [3.05, 3.63) is 0 Å². The van der Waals surface area contributed by atoms with Crippen molar-refractivity contribution in [2.45, 2.75) is 6.42 Å². The average Bonchev–Trinajstić information content (AvgIpc) is 2.26. The first kappa shape index (κ1) is 13.2. The molecule has 0 saturated carbocycles. The monoisotopic (exact) mass is 275 g/mol. The molecule has 1 aliphatic heterocycles. The normalized spacial score (nSPS) is 23.5. The topological polar surface area (TPSA) is 71.5 Å². The zero-order valence-corrected chi connectivity index (χ0v) is 10.6. The first-order chi connectivity index (χ1) is 6.87. The van der Waals surface area contributed by atoms with Crippen LogP contribution in [-0.4, -0.2) is 57.4 Å². The van der Waals surface area contributed by atoms with Gasteiger partial charge in [-0.05, 0) is 6.42 Å². The van der Waals surface area contributed by atoms with Gasteiger partial charge in [0.2, 0.25) is 10.0 Å². The first-order valence-electron chi connectivity index (χ1n) is 4.61. The van der Waals surface area contributed by atoms with E-state index in [0.717, 1.165) is 0 Å². The van der Waals surface area contributed by atoms with Crippen molar-refractivity contribution in [1.29, 1.82) is 0 Å². The number of sulfonamides is 1. The standard InChI is InChI=1S/C7H14ClNO4S2/c8-2-6-15(12,13)9-3-1-5-14(10,11)7-4-9/h1-7H2. The van der Waals surface area contributed by atoms with Gasteiger partial charge in [0.1, 0.15) is 0 Å². The van der Waals surface area contributed by atoms with E-state index in [2.05, 4.69) is 0 Å². The maximum Gasteiger partial charge on any atom is 0.215 e. The molecule has 0 N–H and O–H groups in total. The first-order valence-corrected chi connectivity index (χ1v) is 8.58. The summed E-state index contributed by atoms with van der Waals surface area (Å²) in [6, 6.07) is 0. The molecule has 90 valence electrons. The molecule has 0 amide bonds. The lowest BCUT2D eigenvalue weighted by molar-refractivity contribution is 0.436. The Bertz CT molecular complexity index is 403. The summed E-state index contributed by atoms with van der Waals surface area (Å²) in [6.07, 6.45) is 0.365. The van der Waals surface area contributed by atoms with E-state index in [4.69, 9.17) is 11.6 Å². The van der Waals surface area contributed by atoms with Crippen molar-refractivity contribution in [2.24, 2.45) is 0 Å². The summed E-state index contributed by atoms with van der Waals surface area (Å²) in [5.74, 6) is -0.116. The van der Waals surface area contributed by atoms with Gasteiger partial charge in [-0.15, -0.1) is 11.6 Å². The molecule has 0 aromatic heterocycles. The molecule has 0 aromatic rings. The van der Waals surface area contributed by atoms with Crippen molar-refractivity contribution in [2.75, 3.05) is 36.2 Å². The van der Waals surface area contributed by atoms with Crippen LogP contribution in [0.15, 0.2) is 0 Å². The largest absolute Gasteiger partial charge is 0.229 e. The molecule has 0 aromatic carbocycles. The number of sulfone groups is 1. The Morgan fingerprint density at radius 1 is 1.20 bits per heavy atom. The minimum absolute atomic E-state index is 0.0333. The summed E-state index contributed by atoms with van der Waals surface area (Å²) in [4.78, 5) is 0. The van der Waals surface area contributed by atoms with Crippen LogP contribution in [0.4, 0.5) is 0 Å². The highest BCUT2D eigenvalue weighted by atomic mass is 35.5. The third-order valence-corrected chi connectivity index (χ3v) is 6.24. The third-order valence-electron chi connectivity index (χ3n) is 2.24. The molecule has 0 aliphatic carbocycles. The quantitative estimate of drug-likeness (QED) is 0.662. The van der Waals surface area contributed by atoms with Gasteiger partial charge in [-0.1, -0.05) is 0 Å². The van der Waals surface area contributed by atoms with Crippen molar-refractivity contribution in [1.82, 2.24) is 4.31 Å². The molecular weight excluding hydrogens is 262 g/mol. The summed E-state index contributed by atoms with van der Waals surface area (Å²) in [6.45, 7) is 0.333. The number of rotatable bonds is 3. The van der Waals surface area contributed by atoms with E-state index in [1.165, 1.54) is 4.31 Å². The number of halogens is 1. The Labute approximate surface area is 95.4 Å². The van der Waals surface area contributed by atoms with E-state index >= 15 is 0 Å². The van der Waals surface area contributed by atoms with E-state index in [1.54, 1.807) is 0 Å². The highest BCUT2D eigenvalue weighted by molar-refractivity contribution is 7.91. The Morgan fingerprint density at radius 2 is 1.87 bits per heavy atom. The van der Waals surface area contributed by atoms with Crippen molar-refractivity contribution >= 4 is 31.5 Å². The van der Waals surface area contributed by atoms with Gasteiger partial charge in [0.05, 0.1) is 17.3 Å². The van der Waals surface area contributed by atoms with Crippen LogP contribution in [0.1, 0.15) is 6.42 Å².